The number of aryl methyl sites for hydroxylation is 2. The number of para-hydroxylation sites is 1. The number of aromatic nitrogens is 2. The van der Waals surface area contributed by atoms with E-state index in [1.165, 1.54) is 11.3 Å². The molecule has 0 atom stereocenters. The number of anilines is 1. The second kappa shape index (κ2) is 9.03. The monoisotopic (exact) mass is 399 g/mol. The normalized spacial score (nSPS) is 10.9. The Labute approximate surface area is 169 Å². The molecule has 3 aromatic rings. The minimum absolute atomic E-state index is 0.274. The maximum absolute atomic E-state index is 10.1. The van der Waals surface area contributed by atoms with Gasteiger partial charge in [0.15, 0.2) is 0 Å². The third-order valence-electron chi connectivity index (χ3n) is 4.51. The first-order valence-corrected chi connectivity index (χ1v) is 9.85. The van der Waals surface area contributed by atoms with Crippen molar-refractivity contribution in [1.29, 1.82) is 0 Å². The van der Waals surface area contributed by atoms with Gasteiger partial charge in [-0.15, -0.1) is 10.2 Å². The zero-order valence-electron chi connectivity index (χ0n) is 16.6. The molecule has 1 heterocycles. The summed E-state index contributed by atoms with van der Waals surface area (Å²) in [5, 5.41) is 20.6. The van der Waals surface area contributed by atoms with Crippen molar-refractivity contribution in [2.75, 3.05) is 32.3 Å². The molecule has 0 saturated heterocycles. The molecule has 7 heteroatoms. The molecule has 3 rings (SSSR count). The lowest BCUT2D eigenvalue weighted by Gasteiger charge is -2.21. The maximum Gasteiger partial charge on any atom is 0.208 e. The fourth-order valence-electron chi connectivity index (χ4n) is 3.15. The molecular weight excluding hydrogens is 374 g/mol. The lowest BCUT2D eigenvalue weighted by molar-refractivity contribution is 0.205. The first-order chi connectivity index (χ1) is 13.5. The quantitative estimate of drug-likeness (QED) is 0.613. The van der Waals surface area contributed by atoms with Crippen LogP contribution >= 0.6 is 11.3 Å². The van der Waals surface area contributed by atoms with Gasteiger partial charge in [0.2, 0.25) is 5.13 Å². The molecule has 0 amide bonds. The van der Waals surface area contributed by atoms with E-state index in [2.05, 4.69) is 27.2 Å². The van der Waals surface area contributed by atoms with Gasteiger partial charge >= 0.3 is 0 Å². The molecule has 0 aliphatic rings. The highest BCUT2D eigenvalue weighted by Crippen LogP contribution is 2.34. The standard InChI is InChI=1S/C21H25N3O3S/c1-14-11-17(12-15(2)19(14)27-4)20-22-23-21(28-20)24(9-10-26-3)13-16-7-5-6-8-18(16)25/h5-8,11-12,25H,9-10,13H2,1-4H3. The summed E-state index contributed by atoms with van der Waals surface area (Å²) in [5.41, 5.74) is 4.00. The minimum atomic E-state index is 0.274. The third-order valence-corrected chi connectivity index (χ3v) is 5.55. The number of hydrogen-bond acceptors (Lipinski definition) is 7. The van der Waals surface area contributed by atoms with Crippen LogP contribution in [0.25, 0.3) is 10.6 Å². The number of ether oxygens (including phenoxy) is 2. The van der Waals surface area contributed by atoms with E-state index in [0.717, 1.165) is 38.1 Å². The number of phenolic OH excluding ortho intramolecular Hbond substituents is 1. The highest BCUT2D eigenvalue weighted by Gasteiger charge is 2.17. The van der Waals surface area contributed by atoms with Gasteiger partial charge in [-0.2, -0.15) is 0 Å². The summed E-state index contributed by atoms with van der Waals surface area (Å²) in [6.07, 6.45) is 0. The van der Waals surface area contributed by atoms with Crippen LogP contribution in [0.3, 0.4) is 0 Å². The number of nitrogens with zero attached hydrogens (tertiary/aromatic N) is 3. The van der Waals surface area contributed by atoms with Gasteiger partial charge in [0, 0.05) is 31.3 Å². The van der Waals surface area contributed by atoms with E-state index >= 15 is 0 Å². The molecule has 28 heavy (non-hydrogen) atoms. The van der Waals surface area contributed by atoms with Crippen LogP contribution in [-0.2, 0) is 11.3 Å². The van der Waals surface area contributed by atoms with E-state index in [1.807, 2.05) is 32.0 Å². The fraction of sp³-hybridized carbons (Fsp3) is 0.333. The predicted molar refractivity (Wildman–Crippen MR) is 112 cm³/mol. The zero-order valence-corrected chi connectivity index (χ0v) is 17.4. The summed E-state index contributed by atoms with van der Waals surface area (Å²) < 4.78 is 10.7. The Hall–Kier alpha value is -2.64. The minimum Gasteiger partial charge on any atom is -0.508 e. The van der Waals surface area contributed by atoms with E-state index in [0.29, 0.717) is 19.7 Å². The van der Waals surface area contributed by atoms with Crippen LogP contribution < -0.4 is 9.64 Å². The molecule has 2 aromatic carbocycles. The Morgan fingerprint density at radius 2 is 1.79 bits per heavy atom. The Morgan fingerprint density at radius 3 is 2.43 bits per heavy atom. The Balaban J connectivity index is 1.89. The Kier molecular flexibility index (Phi) is 6.49. The van der Waals surface area contributed by atoms with Gasteiger partial charge in [-0.1, -0.05) is 29.5 Å². The molecule has 0 radical (unpaired) electrons. The van der Waals surface area contributed by atoms with Gasteiger partial charge in [0.05, 0.1) is 13.7 Å². The first-order valence-electron chi connectivity index (χ1n) is 9.03. The zero-order chi connectivity index (χ0) is 20.1. The largest absolute Gasteiger partial charge is 0.508 e. The number of benzene rings is 2. The average molecular weight is 400 g/mol. The number of methoxy groups -OCH3 is 2. The highest BCUT2D eigenvalue weighted by molar-refractivity contribution is 7.18. The molecule has 0 fully saturated rings. The van der Waals surface area contributed by atoms with Crippen LogP contribution in [-0.4, -0.2) is 42.7 Å². The molecule has 0 unspecified atom stereocenters. The van der Waals surface area contributed by atoms with Gasteiger partial charge in [0.1, 0.15) is 16.5 Å². The van der Waals surface area contributed by atoms with E-state index in [4.69, 9.17) is 9.47 Å². The number of phenols is 1. The van der Waals surface area contributed by atoms with Crippen molar-refractivity contribution in [3.63, 3.8) is 0 Å². The SMILES string of the molecule is COCCN(Cc1ccccc1O)c1nnc(-c2cc(C)c(OC)c(C)c2)s1. The third kappa shape index (κ3) is 4.43. The van der Waals surface area contributed by atoms with Crippen LogP contribution in [0.2, 0.25) is 0 Å². The van der Waals surface area contributed by atoms with Crippen LogP contribution in [0.4, 0.5) is 5.13 Å². The Morgan fingerprint density at radius 1 is 1.07 bits per heavy atom. The lowest BCUT2D eigenvalue weighted by Crippen LogP contribution is -2.26. The van der Waals surface area contributed by atoms with Crippen molar-refractivity contribution in [2.24, 2.45) is 0 Å². The molecule has 0 bridgehead atoms. The van der Waals surface area contributed by atoms with Crippen LogP contribution in [0, 0.1) is 13.8 Å². The lowest BCUT2D eigenvalue weighted by atomic mass is 10.1. The van der Waals surface area contributed by atoms with Crippen LogP contribution in [0.15, 0.2) is 36.4 Å². The summed E-state index contributed by atoms with van der Waals surface area (Å²) in [6.45, 7) is 5.80. The molecule has 6 nitrogen and oxygen atoms in total. The molecular formula is C21H25N3O3S. The van der Waals surface area contributed by atoms with Crippen molar-refractivity contribution >= 4 is 16.5 Å². The summed E-state index contributed by atoms with van der Waals surface area (Å²) in [4.78, 5) is 2.07. The summed E-state index contributed by atoms with van der Waals surface area (Å²) in [6, 6.07) is 11.5. The van der Waals surface area contributed by atoms with Gasteiger partial charge < -0.3 is 19.5 Å². The molecule has 0 aliphatic heterocycles. The maximum atomic E-state index is 10.1. The topological polar surface area (TPSA) is 67.7 Å². The summed E-state index contributed by atoms with van der Waals surface area (Å²) >= 11 is 1.53. The number of hydrogen-bond donors (Lipinski definition) is 1. The molecule has 1 N–H and O–H groups in total. The summed E-state index contributed by atoms with van der Waals surface area (Å²) in [5.74, 6) is 1.17. The molecule has 148 valence electrons. The van der Waals surface area contributed by atoms with Crippen molar-refractivity contribution in [2.45, 2.75) is 20.4 Å². The molecule has 0 spiro atoms. The van der Waals surface area contributed by atoms with Crippen molar-refractivity contribution in [3.8, 4) is 22.1 Å². The van der Waals surface area contributed by atoms with Gasteiger partial charge in [-0.25, -0.2) is 0 Å². The predicted octanol–water partition coefficient (Wildman–Crippen LogP) is 4.19. The van der Waals surface area contributed by atoms with Crippen molar-refractivity contribution in [3.05, 3.63) is 53.1 Å². The number of rotatable bonds is 8. The smallest absolute Gasteiger partial charge is 0.208 e. The highest BCUT2D eigenvalue weighted by atomic mass is 32.1. The van der Waals surface area contributed by atoms with Crippen molar-refractivity contribution in [1.82, 2.24) is 10.2 Å². The van der Waals surface area contributed by atoms with E-state index in [-0.39, 0.29) is 5.75 Å². The number of aromatic hydroxyl groups is 1. The van der Waals surface area contributed by atoms with Gasteiger partial charge in [-0.05, 0) is 43.2 Å². The van der Waals surface area contributed by atoms with E-state index in [9.17, 15) is 5.11 Å². The second-order valence-electron chi connectivity index (χ2n) is 6.58. The van der Waals surface area contributed by atoms with Crippen LogP contribution in [0.5, 0.6) is 11.5 Å². The molecule has 1 aromatic heterocycles. The first kappa shape index (κ1) is 20.1. The van der Waals surface area contributed by atoms with Gasteiger partial charge in [0.25, 0.3) is 0 Å². The summed E-state index contributed by atoms with van der Waals surface area (Å²) in [7, 11) is 3.36. The Bertz CT molecular complexity index is 919. The molecule has 0 aliphatic carbocycles. The van der Waals surface area contributed by atoms with Crippen LogP contribution in [0.1, 0.15) is 16.7 Å². The average Bonchev–Trinajstić information content (AvgIpc) is 3.16. The van der Waals surface area contributed by atoms with Crippen molar-refractivity contribution < 1.29 is 14.6 Å². The second-order valence-corrected chi connectivity index (χ2v) is 7.53. The van der Waals surface area contributed by atoms with E-state index in [1.54, 1.807) is 20.3 Å². The fourth-order valence-corrected chi connectivity index (χ4v) is 4.01. The van der Waals surface area contributed by atoms with Gasteiger partial charge in [-0.3, -0.25) is 0 Å². The molecule has 0 saturated carbocycles. The van der Waals surface area contributed by atoms with E-state index < -0.39 is 0 Å².